The third-order valence-electron chi connectivity index (χ3n) is 2.06. The number of halogens is 1. The molecule has 0 aliphatic carbocycles. The van der Waals surface area contributed by atoms with Crippen molar-refractivity contribution in [3.05, 3.63) is 0 Å². The molecule has 0 aromatic carbocycles. The number of likely N-dealkylation sites (tertiary alicyclic amines) is 1. The highest BCUT2D eigenvalue weighted by Gasteiger charge is 2.21. The topological polar surface area (TPSA) is 23.5 Å². The second-order valence-electron chi connectivity index (χ2n) is 3.10. The minimum Gasteiger partial charge on any atom is -0.393 e. The Balaban J connectivity index is 0.000000810. The van der Waals surface area contributed by atoms with E-state index in [9.17, 15) is 5.11 Å². The lowest BCUT2D eigenvalue weighted by molar-refractivity contribution is 0.0451. The van der Waals surface area contributed by atoms with Crippen LogP contribution in [0, 0.1) is 5.92 Å². The van der Waals surface area contributed by atoms with E-state index in [1.54, 1.807) is 0 Å². The van der Waals surface area contributed by atoms with Crippen LogP contribution in [-0.4, -0.2) is 36.2 Å². The van der Waals surface area contributed by atoms with Gasteiger partial charge in [0.05, 0.1) is 6.10 Å². The van der Waals surface area contributed by atoms with Gasteiger partial charge in [-0.25, -0.2) is 0 Å². The average Bonchev–Trinajstić information content (AvgIpc) is 1.80. The number of hydrogen-bond donors (Lipinski definition) is 1. The highest BCUT2D eigenvalue weighted by atomic mass is 35.5. The van der Waals surface area contributed by atoms with Crippen molar-refractivity contribution in [1.29, 1.82) is 0 Å². The molecule has 1 rings (SSSR count). The average molecular weight is 166 g/mol. The second kappa shape index (κ2) is 4.16. The maximum Gasteiger partial charge on any atom is 0.0590 e. The number of piperidine rings is 1. The normalized spacial score (nSPS) is 35.1. The molecule has 0 aromatic heterocycles. The smallest absolute Gasteiger partial charge is 0.0590 e. The molecule has 2 nitrogen and oxygen atoms in total. The summed E-state index contributed by atoms with van der Waals surface area (Å²) in [6.45, 7) is 4.19. The fourth-order valence-electron chi connectivity index (χ4n) is 1.34. The third-order valence-corrected chi connectivity index (χ3v) is 2.06. The third kappa shape index (κ3) is 2.45. The van der Waals surface area contributed by atoms with E-state index in [2.05, 4.69) is 18.9 Å². The van der Waals surface area contributed by atoms with E-state index in [1.165, 1.54) is 0 Å². The molecule has 3 heteroatoms. The summed E-state index contributed by atoms with van der Waals surface area (Å²) in [5.41, 5.74) is 0. The lowest BCUT2D eigenvalue weighted by Crippen LogP contribution is -2.39. The monoisotopic (exact) mass is 165 g/mol. The van der Waals surface area contributed by atoms with Crippen LogP contribution in [0.15, 0.2) is 0 Å². The molecule has 0 radical (unpaired) electrons. The lowest BCUT2D eigenvalue weighted by Gasteiger charge is -2.31. The maximum absolute atomic E-state index is 9.27. The largest absolute Gasteiger partial charge is 0.393 e. The van der Waals surface area contributed by atoms with E-state index < -0.39 is 0 Å². The van der Waals surface area contributed by atoms with Crippen molar-refractivity contribution in [1.82, 2.24) is 4.90 Å². The Morgan fingerprint density at radius 3 is 2.50 bits per heavy atom. The van der Waals surface area contributed by atoms with Crippen molar-refractivity contribution in [3.8, 4) is 0 Å². The van der Waals surface area contributed by atoms with Crippen LogP contribution in [0.1, 0.15) is 13.3 Å². The number of nitrogens with zero attached hydrogens (tertiary/aromatic N) is 1. The zero-order valence-corrected chi connectivity index (χ0v) is 7.40. The summed E-state index contributed by atoms with van der Waals surface area (Å²) in [6.07, 6.45) is 0.888. The van der Waals surface area contributed by atoms with Crippen LogP contribution in [-0.2, 0) is 0 Å². The lowest BCUT2D eigenvalue weighted by atomic mass is 9.97. The van der Waals surface area contributed by atoms with Crippen LogP contribution in [0.4, 0.5) is 0 Å². The summed E-state index contributed by atoms with van der Waals surface area (Å²) in [4.78, 5) is 2.26. The van der Waals surface area contributed by atoms with Crippen LogP contribution in [0.3, 0.4) is 0 Å². The van der Waals surface area contributed by atoms with Crippen LogP contribution in [0.5, 0.6) is 0 Å². The Labute approximate surface area is 68.6 Å². The van der Waals surface area contributed by atoms with E-state index in [0.29, 0.717) is 5.92 Å². The number of aliphatic hydroxyl groups excluding tert-OH is 1. The highest BCUT2D eigenvalue weighted by molar-refractivity contribution is 5.85. The number of hydrogen-bond acceptors (Lipinski definition) is 2. The van der Waals surface area contributed by atoms with Crippen LogP contribution >= 0.6 is 12.4 Å². The molecule has 1 saturated heterocycles. The molecule has 62 valence electrons. The summed E-state index contributed by atoms with van der Waals surface area (Å²) in [6, 6.07) is 0. The predicted molar refractivity (Wildman–Crippen MR) is 44.5 cm³/mol. The molecule has 2 atom stereocenters. The SMILES string of the molecule is CC1CN(C)CCC1O.Cl. The van der Waals surface area contributed by atoms with Crippen LogP contribution in [0.25, 0.3) is 0 Å². The van der Waals surface area contributed by atoms with Gasteiger partial charge in [-0.1, -0.05) is 6.92 Å². The molecule has 0 aromatic rings. The zero-order valence-electron chi connectivity index (χ0n) is 6.58. The molecule has 10 heavy (non-hydrogen) atoms. The van der Waals surface area contributed by atoms with Crippen molar-refractivity contribution < 1.29 is 5.11 Å². The van der Waals surface area contributed by atoms with E-state index >= 15 is 0 Å². The molecule has 0 saturated carbocycles. The molecule has 0 bridgehead atoms. The van der Waals surface area contributed by atoms with Gasteiger partial charge in [-0.15, -0.1) is 12.4 Å². The molecule has 0 amide bonds. The Hall–Kier alpha value is 0.210. The summed E-state index contributed by atoms with van der Waals surface area (Å²) in [5.74, 6) is 0.462. The van der Waals surface area contributed by atoms with E-state index in [4.69, 9.17) is 0 Å². The van der Waals surface area contributed by atoms with Gasteiger partial charge < -0.3 is 10.0 Å². The van der Waals surface area contributed by atoms with Gasteiger partial charge in [0.2, 0.25) is 0 Å². The van der Waals surface area contributed by atoms with E-state index in [1.807, 2.05) is 0 Å². The molecule has 0 spiro atoms. The molecule has 1 aliphatic rings. The van der Waals surface area contributed by atoms with Gasteiger partial charge >= 0.3 is 0 Å². The van der Waals surface area contributed by atoms with Crippen molar-refractivity contribution >= 4 is 12.4 Å². The first-order chi connectivity index (χ1) is 4.20. The van der Waals surface area contributed by atoms with Gasteiger partial charge in [-0.3, -0.25) is 0 Å². The zero-order chi connectivity index (χ0) is 6.85. The predicted octanol–water partition coefficient (Wildman–Crippen LogP) is 0.741. The van der Waals surface area contributed by atoms with Crippen LogP contribution in [0.2, 0.25) is 0 Å². The molecular formula is C7H16ClNO. The first-order valence-electron chi connectivity index (χ1n) is 3.57. The quantitative estimate of drug-likeness (QED) is 0.573. The first-order valence-corrected chi connectivity index (χ1v) is 3.57. The molecule has 1 fully saturated rings. The molecule has 1 aliphatic heterocycles. The Kier molecular flexibility index (Phi) is 4.25. The van der Waals surface area contributed by atoms with Gasteiger partial charge in [0, 0.05) is 13.1 Å². The standard InChI is InChI=1S/C7H15NO.ClH/c1-6-5-8(2)4-3-7(6)9;/h6-7,9H,3-5H2,1-2H3;1H. The van der Waals surface area contributed by atoms with Gasteiger partial charge in [0.25, 0.3) is 0 Å². The molecule has 1 heterocycles. The van der Waals surface area contributed by atoms with Crippen molar-refractivity contribution in [2.45, 2.75) is 19.4 Å². The van der Waals surface area contributed by atoms with Gasteiger partial charge in [0.15, 0.2) is 0 Å². The fraction of sp³-hybridized carbons (Fsp3) is 1.00. The van der Waals surface area contributed by atoms with Crippen molar-refractivity contribution in [2.24, 2.45) is 5.92 Å². The molecule has 2 unspecified atom stereocenters. The number of aliphatic hydroxyl groups is 1. The molecule has 1 N–H and O–H groups in total. The summed E-state index contributed by atoms with van der Waals surface area (Å²) in [7, 11) is 2.10. The Bertz CT molecular complexity index is 99.6. The summed E-state index contributed by atoms with van der Waals surface area (Å²) >= 11 is 0. The Morgan fingerprint density at radius 2 is 2.10 bits per heavy atom. The first kappa shape index (κ1) is 10.2. The fourth-order valence-corrected chi connectivity index (χ4v) is 1.34. The van der Waals surface area contributed by atoms with Gasteiger partial charge in [-0.05, 0) is 19.4 Å². The minimum atomic E-state index is -0.0544. The Morgan fingerprint density at radius 1 is 1.50 bits per heavy atom. The van der Waals surface area contributed by atoms with Gasteiger partial charge in [0.1, 0.15) is 0 Å². The molecular weight excluding hydrogens is 150 g/mol. The summed E-state index contributed by atoms with van der Waals surface area (Å²) < 4.78 is 0. The van der Waals surface area contributed by atoms with E-state index in [0.717, 1.165) is 19.5 Å². The highest BCUT2D eigenvalue weighted by Crippen LogP contribution is 2.14. The second-order valence-corrected chi connectivity index (χ2v) is 3.10. The van der Waals surface area contributed by atoms with Crippen LogP contribution < -0.4 is 0 Å². The maximum atomic E-state index is 9.27. The van der Waals surface area contributed by atoms with Gasteiger partial charge in [-0.2, -0.15) is 0 Å². The van der Waals surface area contributed by atoms with E-state index in [-0.39, 0.29) is 18.5 Å². The number of rotatable bonds is 0. The minimum absolute atomic E-state index is 0. The van der Waals surface area contributed by atoms with Crippen molar-refractivity contribution in [3.63, 3.8) is 0 Å². The summed E-state index contributed by atoms with van der Waals surface area (Å²) in [5, 5.41) is 9.27. The van der Waals surface area contributed by atoms with Crippen molar-refractivity contribution in [2.75, 3.05) is 20.1 Å².